The highest BCUT2D eigenvalue weighted by molar-refractivity contribution is 7.80. The van der Waals surface area contributed by atoms with Crippen molar-refractivity contribution >= 4 is 40.3 Å². The molecular weight excluding hydrogens is 378 g/mol. The number of aliphatic carboxylic acids is 1. The number of anilines is 1. The zero-order chi connectivity index (χ0) is 19.9. The summed E-state index contributed by atoms with van der Waals surface area (Å²) < 4.78 is 1.33. The number of nitrogens with one attached hydrogen (secondary N) is 2. The molecule has 28 heavy (non-hydrogen) atoms. The van der Waals surface area contributed by atoms with Gasteiger partial charge in [-0.25, -0.2) is 9.97 Å². The summed E-state index contributed by atoms with van der Waals surface area (Å²) in [7, 11) is 0. The average Bonchev–Trinajstić information content (AvgIpc) is 3.12. The summed E-state index contributed by atoms with van der Waals surface area (Å²) in [6, 6.07) is 3.61. The largest absolute Gasteiger partial charge is 0.480 e. The lowest BCUT2D eigenvalue weighted by molar-refractivity contribution is -0.137. The third-order valence-electron chi connectivity index (χ3n) is 3.94. The molecule has 3 heterocycles. The molecular formula is C18H21N7O2S. The van der Waals surface area contributed by atoms with E-state index in [0.717, 1.165) is 25.8 Å². The van der Waals surface area contributed by atoms with Crippen LogP contribution in [0.2, 0.25) is 0 Å². The van der Waals surface area contributed by atoms with E-state index in [2.05, 4.69) is 37.6 Å². The maximum atomic E-state index is 10.8. The molecule has 0 bridgehead atoms. The Bertz CT molecular complexity index is 989. The second-order valence-electron chi connectivity index (χ2n) is 6.20. The highest BCUT2D eigenvalue weighted by atomic mass is 32.1. The number of rotatable bonds is 8. The smallest absolute Gasteiger partial charge is 0.325 e. The van der Waals surface area contributed by atoms with Crippen LogP contribution in [0, 0.1) is 0 Å². The Balaban J connectivity index is 1.73. The molecule has 0 fully saturated rings. The topological polar surface area (TPSA) is 118 Å². The second-order valence-corrected chi connectivity index (χ2v) is 6.61. The van der Waals surface area contributed by atoms with Gasteiger partial charge in [0.05, 0.1) is 18.1 Å². The molecule has 0 unspecified atom stereocenters. The number of carboxylic acid groups (broad SMARTS) is 1. The number of thiocarbonyl (C=S) groups is 1. The van der Waals surface area contributed by atoms with Crippen molar-refractivity contribution in [2.24, 2.45) is 0 Å². The zero-order valence-electron chi connectivity index (χ0n) is 15.4. The van der Waals surface area contributed by atoms with Crippen molar-refractivity contribution in [1.82, 2.24) is 30.0 Å². The molecule has 0 aliphatic carbocycles. The first-order valence-corrected chi connectivity index (χ1v) is 9.39. The minimum Gasteiger partial charge on any atom is -0.480 e. The van der Waals surface area contributed by atoms with E-state index in [0.29, 0.717) is 33.4 Å². The van der Waals surface area contributed by atoms with Crippen LogP contribution in [0.15, 0.2) is 30.7 Å². The van der Waals surface area contributed by atoms with Crippen LogP contribution in [0.1, 0.15) is 26.2 Å². The fourth-order valence-electron chi connectivity index (χ4n) is 2.56. The van der Waals surface area contributed by atoms with Crippen molar-refractivity contribution in [1.29, 1.82) is 0 Å². The predicted molar refractivity (Wildman–Crippen MR) is 110 cm³/mol. The highest BCUT2D eigenvalue weighted by Gasteiger charge is 2.09. The van der Waals surface area contributed by atoms with Crippen LogP contribution >= 0.6 is 12.2 Å². The van der Waals surface area contributed by atoms with E-state index in [4.69, 9.17) is 17.3 Å². The number of carboxylic acids is 1. The first-order chi connectivity index (χ1) is 13.5. The van der Waals surface area contributed by atoms with E-state index in [1.807, 2.05) is 6.07 Å². The van der Waals surface area contributed by atoms with Crippen molar-refractivity contribution in [3.63, 3.8) is 0 Å². The number of nitrogens with zero attached hydrogens (tertiary/aromatic N) is 5. The van der Waals surface area contributed by atoms with Crippen molar-refractivity contribution in [2.75, 3.05) is 11.9 Å². The summed E-state index contributed by atoms with van der Waals surface area (Å²) in [4.78, 5) is 24.1. The lowest BCUT2D eigenvalue weighted by Gasteiger charge is -2.10. The Kier molecular flexibility index (Phi) is 6.43. The fourth-order valence-corrected chi connectivity index (χ4v) is 2.77. The SMILES string of the molecule is CCCCCNC(=S)Nc1ccc2ncc(-c3cnn(CC(=O)O)c3)nc2n1. The molecule has 0 aromatic carbocycles. The number of pyridine rings is 1. The number of hydrogen-bond donors (Lipinski definition) is 3. The van der Waals surface area contributed by atoms with E-state index in [9.17, 15) is 4.79 Å². The van der Waals surface area contributed by atoms with Crippen molar-refractivity contribution in [2.45, 2.75) is 32.7 Å². The van der Waals surface area contributed by atoms with Crippen LogP contribution < -0.4 is 10.6 Å². The number of fused-ring (bicyclic) bond motifs is 1. The average molecular weight is 399 g/mol. The Hall–Kier alpha value is -3.14. The van der Waals surface area contributed by atoms with Gasteiger partial charge < -0.3 is 15.7 Å². The second kappa shape index (κ2) is 9.18. The van der Waals surface area contributed by atoms with E-state index in [-0.39, 0.29) is 6.54 Å². The van der Waals surface area contributed by atoms with Gasteiger partial charge in [-0.3, -0.25) is 14.5 Å². The van der Waals surface area contributed by atoms with Gasteiger partial charge in [-0.05, 0) is 30.8 Å². The molecule has 3 aromatic rings. The Morgan fingerprint density at radius 1 is 1.25 bits per heavy atom. The summed E-state index contributed by atoms with van der Waals surface area (Å²) in [5.74, 6) is -0.385. The van der Waals surface area contributed by atoms with Gasteiger partial charge >= 0.3 is 5.97 Å². The standard InChI is InChI=1S/C18H21N7O2S/c1-2-3-4-7-19-18(28)24-15-6-5-13-17(23-15)22-14(9-20-13)12-8-21-25(10-12)11-16(26)27/h5-6,8-10H,2-4,7,11H2,1H3,(H,26,27)(H2,19,22,23,24,28). The minimum atomic E-state index is -0.962. The maximum absolute atomic E-state index is 10.8. The minimum absolute atomic E-state index is 0.212. The van der Waals surface area contributed by atoms with Crippen LogP contribution in [-0.4, -0.2) is 47.5 Å². The lowest BCUT2D eigenvalue weighted by atomic mass is 10.2. The third-order valence-corrected chi connectivity index (χ3v) is 4.19. The molecule has 0 spiro atoms. The molecule has 146 valence electrons. The maximum Gasteiger partial charge on any atom is 0.325 e. The summed E-state index contributed by atoms with van der Waals surface area (Å²) in [6.45, 7) is 2.76. The Morgan fingerprint density at radius 3 is 2.89 bits per heavy atom. The number of aromatic nitrogens is 5. The van der Waals surface area contributed by atoms with Crippen molar-refractivity contribution in [3.05, 3.63) is 30.7 Å². The van der Waals surface area contributed by atoms with Gasteiger partial charge in [0.15, 0.2) is 10.8 Å². The molecule has 9 nitrogen and oxygen atoms in total. The molecule has 0 aliphatic rings. The van der Waals surface area contributed by atoms with Gasteiger partial charge in [0.2, 0.25) is 0 Å². The van der Waals surface area contributed by atoms with E-state index < -0.39 is 5.97 Å². The van der Waals surface area contributed by atoms with Gasteiger partial charge in [0, 0.05) is 18.3 Å². The summed E-state index contributed by atoms with van der Waals surface area (Å²) >= 11 is 5.29. The van der Waals surface area contributed by atoms with Crippen LogP contribution in [0.4, 0.5) is 5.82 Å². The normalized spacial score (nSPS) is 10.8. The van der Waals surface area contributed by atoms with Crippen LogP contribution in [-0.2, 0) is 11.3 Å². The predicted octanol–water partition coefficient (Wildman–Crippen LogP) is 2.45. The number of hydrogen-bond acceptors (Lipinski definition) is 6. The molecule has 0 amide bonds. The van der Waals surface area contributed by atoms with Crippen LogP contribution in [0.5, 0.6) is 0 Å². The van der Waals surface area contributed by atoms with Gasteiger partial charge in [-0.2, -0.15) is 5.10 Å². The van der Waals surface area contributed by atoms with E-state index in [1.54, 1.807) is 24.7 Å². The first-order valence-electron chi connectivity index (χ1n) is 8.98. The molecule has 0 atom stereocenters. The molecule has 3 aromatic heterocycles. The molecule has 0 saturated heterocycles. The number of carbonyl (C=O) groups is 1. The monoisotopic (exact) mass is 399 g/mol. The molecule has 0 radical (unpaired) electrons. The molecule has 0 saturated carbocycles. The van der Waals surface area contributed by atoms with Gasteiger partial charge in [0.25, 0.3) is 0 Å². The van der Waals surface area contributed by atoms with Gasteiger partial charge in [-0.1, -0.05) is 19.8 Å². The molecule has 10 heteroatoms. The molecule has 3 rings (SSSR count). The molecule has 3 N–H and O–H groups in total. The van der Waals surface area contributed by atoms with Gasteiger partial charge in [-0.15, -0.1) is 0 Å². The van der Waals surface area contributed by atoms with Crippen molar-refractivity contribution < 1.29 is 9.90 Å². The first kappa shape index (κ1) is 19.6. The summed E-state index contributed by atoms with van der Waals surface area (Å²) in [5.41, 5.74) is 2.34. The summed E-state index contributed by atoms with van der Waals surface area (Å²) in [6.07, 6.45) is 8.15. The molecule has 0 aliphatic heterocycles. The Morgan fingerprint density at radius 2 is 2.11 bits per heavy atom. The summed E-state index contributed by atoms with van der Waals surface area (Å²) in [5, 5.41) is 19.6. The quantitative estimate of drug-likeness (QED) is 0.388. The van der Waals surface area contributed by atoms with Crippen LogP contribution in [0.3, 0.4) is 0 Å². The fraction of sp³-hybridized carbons (Fsp3) is 0.333. The van der Waals surface area contributed by atoms with E-state index >= 15 is 0 Å². The lowest BCUT2D eigenvalue weighted by Crippen LogP contribution is -2.29. The third kappa shape index (κ3) is 5.19. The van der Waals surface area contributed by atoms with Crippen LogP contribution in [0.25, 0.3) is 22.4 Å². The Labute approximate surface area is 167 Å². The van der Waals surface area contributed by atoms with E-state index in [1.165, 1.54) is 4.68 Å². The van der Waals surface area contributed by atoms with Crippen molar-refractivity contribution in [3.8, 4) is 11.3 Å². The zero-order valence-corrected chi connectivity index (χ0v) is 16.2. The number of unbranched alkanes of at least 4 members (excludes halogenated alkanes) is 2. The van der Waals surface area contributed by atoms with Gasteiger partial charge in [0.1, 0.15) is 17.9 Å². The highest BCUT2D eigenvalue weighted by Crippen LogP contribution is 2.19.